The Kier molecular flexibility index (Phi) is 2.18. The van der Waals surface area contributed by atoms with Gasteiger partial charge in [-0.2, -0.15) is 5.26 Å². The Bertz CT molecular complexity index is 426. The van der Waals surface area contributed by atoms with Gasteiger partial charge >= 0.3 is 0 Å². The van der Waals surface area contributed by atoms with Crippen LogP contribution >= 0.6 is 0 Å². The molecule has 0 radical (unpaired) electrons. The van der Waals surface area contributed by atoms with Gasteiger partial charge in [0, 0.05) is 5.69 Å². The van der Waals surface area contributed by atoms with E-state index in [4.69, 9.17) is 11.0 Å². The van der Waals surface area contributed by atoms with Crippen molar-refractivity contribution in [2.24, 2.45) is 5.73 Å². The van der Waals surface area contributed by atoms with E-state index in [1.54, 1.807) is 24.3 Å². The third-order valence-electron chi connectivity index (χ3n) is 2.51. The molecule has 0 bridgehead atoms. The number of amides is 1. The second-order valence-electron chi connectivity index (χ2n) is 3.80. The molecular formula is C11H11N3O. The SMILES string of the molecule is N#Cc1ccc(NC(=O)C2(N)CC2)cc1. The molecule has 0 saturated heterocycles. The number of hydrogen-bond acceptors (Lipinski definition) is 3. The number of rotatable bonds is 2. The quantitative estimate of drug-likeness (QED) is 0.748. The first-order valence-electron chi connectivity index (χ1n) is 4.74. The summed E-state index contributed by atoms with van der Waals surface area (Å²) in [6, 6.07) is 8.72. The molecule has 0 unspecified atom stereocenters. The largest absolute Gasteiger partial charge is 0.324 e. The summed E-state index contributed by atoms with van der Waals surface area (Å²) in [4.78, 5) is 11.5. The van der Waals surface area contributed by atoms with E-state index in [1.165, 1.54) is 0 Å². The van der Waals surface area contributed by atoms with Crippen LogP contribution in [0, 0.1) is 11.3 Å². The number of benzene rings is 1. The average molecular weight is 201 g/mol. The van der Waals surface area contributed by atoms with Crippen molar-refractivity contribution < 1.29 is 4.79 Å². The van der Waals surface area contributed by atoms with Crippen LogP contribution in [0.4, 0.5) is 5.69 Å². The van der Waals surface area contributed by atoms with Crippen LogP contribution in [0.5, 0.6) is 0 Å². The van der Waals surface area contributed by atoms with Gasteiger partial charge in [0.25, 0.3) is 0 Å². The van der Waals surface area contributed by atoms with Gasteiger partial charge < -0.3 is 11.1 Å². The van der Waals surface area contributed by atoms with E-state index in [-0.39, 0.29) is 5.91 Å². The maximum atomic E-state index is 11.5. The summed E-state index contributed by atoms with van der Waals surface area (Å²) >= 11 is 0. The van der Waals surface area contributed by atoms with Crippen LogP contribution in [0.3, 0.4) is 0 Å². The maximum Gasteiger partial charge on any atom is 0.244 e. The number of nitrogens with two attached hydrogens (primary N) is 1. The van der Waals surface area contributed by atoms with Crippen LogP contribution in [0.15, 0.2) is 24.3 Å². The lowest BCUT2D eigenvalue weighted by Gasteiger charge is -2.09. The van der Waals surface area contributed by atoms with Crippen LogP contribution in [-0.4, -0.2) is 11.4 Å². The molecule has 2 rings (SSSR count). The van der Waals surface area contributed by atoms with E-state index in [2.05, 4.69) is 5.32 Å². The molecule has 0 aromatic heterocycles. The molecule has 1 aliphatic carbocycles. The molecule has 1 saturated carbocycles. The molecule has 0 heterocycles. The molecule has 1 fully saturated rings. The fourth-order valence-corrected chi connectivity index (χ4v) is 1.25. The summed E-state index contributed by atoms with van der Waals surface area (Å²) < 4.78 is 0. The predicted molar refractivity (Wildman–Crippen MR) is 55.9 cm³/mol. The van der Waals surface area contributed by atoms with Gasteiger partial charge in [0.1, 0.15) is 0 Å². The van der Waals surface area contributed by atoms with Crippen LogP contribution < -0.4 is 11.1 Å². The molecule has 1 aliphatic rings. The lowest BCUT2D eigenvalue weighted by molar-refractivity contribution is -0.118. The smallest absolute Gasteiger partial charge is 0.244 e. The number of carbonyl (C=O) groups is 1. The third kappa shape index (κ3) is 1.97. The number of hydrogen-bond donors (Lipinski definition) is 2. The molecule has 4 heteroatoms. The fourth-order valence-electron chi connectivity index (χ4n) is 1.25. The lowest BCUT2D eigenvalue weighted by Crippen LogP contribution is -2.37. The average Bonchev–Trinajstić information content (AvgIpc) is 2.99. The maximum absolute atomic E-state index is 11.5. The number of anilines is 1. The van der Waals surface area contributed by atoms with Crippen molar-refractivity contribution in [3.05, 3.63) is 29.8 Å². The zero-order valence-electron chi connectivity index (χ0n) is 8.16. The second-order valence-corrected chi connectivity index (χ2v) is 3.80. The Labute approximate surface area is 87.7 Å². The first-order chi connectivity index (χ1) is 7.14. The van der Waals surface area contributed by atoms with Crippen LogP contribution in [0.2, 0.25) is 0 Å². The highest BCUT2D eigenvalue weighted by molar-refractivity contribution is 6.00. The number of nitrogens with one attached hydrogen (secondary N) is 1. The summed E-state index contributed by atoms with van der Waals surface area (Å²) in [5.74, 6) is -0.146. The zero-order chi connectivity index (χ0) is 10.9. The van der Waals surface area contributed by atoms with Crippen molar-refractivity contribution in [1.82, 2.24) is 0 Å². The predicted octanol–water partition coefficient (Wildman–Crippen LogP) is 0.988. The van der Waals surface area contributed by atoms with Crippen molar-refractivity contribution in [3.8, 4) is 6.07 Å². The molecule has 15 heavy (non-hydrogen) atoms. The van der Waals surface area contributed by atoms with E-state index < -0.39 is 5.54 Å². The Morgan fingerprint density at radius 3 is 2.47 bits per heavy atom. The molecular weight excluding hydrogens is 190 g/mol. The number of carbonyl (C=O) groups excluding carboxylic acids is 1. The zero-order valence-corrected chi connectivity index (χ0v) is 8.16. The Balaban J connectivity index is 2.05. The van der Waals surface area contributed by atoms with Crippen molar-refractivity contribution in [1.29, 1.82) is 5.26 Å². The van der Waals surface area contributed by atoms with Gasteiger partial charge in [-0.1, -0.05) is 0 Å². The highest BCUT2D eigenvalue weighted by Crippen LogP contribution is 2.33. The van der Waals surface area contributed by atoms with E-state index in [0.29, 0.717) is 11.3 Å². The minimum absolute atomic E-state index is 0.146. The molecule has 4 nitrogen and oxygen atoms in total. The molecule has 1 amide bonds. The van der Waals surface area contributed by atoms with Crippen LogP contribution in [-0.2, 0) is 4.79 Å². The van der Waals surface area contributed by atoms with E-state index in [9.17, 15) is 4.79 Å². The van der Waals surface area contributed by atoms with Gasteiger partial charge in [0.15, 0.2) is 0 Å². The first-order valence-corrected chi connectivity index (χ1v) is 4.74. The first kappa shape index (κ1) is 9.69. The normalized spacial score (nSPS) is 16.5. The number of nitrogens with zero attached hydrogens (tertiary/aromatic N) is 1. The molecule has 1 aromatic rings. The van der Waals surface area contributed by atoms with E-state index in [1.807, 2.05) is 6.07 Å². The van der Waals surface area contributed by atoms with Gasteiger partial charge in [-0.3, -0.25) is 4.79 Å². The van der Waals surface area contributed by atoms with Crippen LogP contribution in [0.25, 0.3) is 0 Å². The summed E-state index contributed by atoms with van der Waals surface area (Å²) in [6.07, 6.45) is 1.49. The molecule has 76 valence electrons. The van der Waals surface area contributed by atoms with E-state index in [0.717, 1.165) is 12.8 Å². The molecule has 1 aromatic carbocycles. The van der Waals surface area contributed by atoms with Gasteiger partial charge in [0.05, 0.1) is 17.2 Å². The Morgan fingerprint density at radius 2 is 2.00 bits per heavy atom. The summed E-state index contributed by atoms with van der Waals surface area (Å²) in [6.45, 7) is 0. The Hall–Kier alpha value is -1.86. The van der Waals surface area contributed by atoms with Gasteiger partial charge in [-0.05, 0) is 37.1 Å². The standard InChI is InChI=1S/C11H11N3O/c12-7-8-1-3-9(4-2-8)14-10(15)11(13)5-6-11/h1-4H,5-6,13H2,(H,14,15). The van der Waals surface area contributed by atoms with Gasteiger partial charge in [-0.25, -0.2) is 0 Å². The molecule has 0 spiro atoms. The van der Waals surface area contributed by atoms with Crippen molar-refractivity contribution >= 4 is 11.6 Å². The fraction of sp³-hybridized carbons (Fsp3) is 0.273. The topological polar surface area (TPSA) is 78.9 Å². The Morgan fingerprint density at radius 1 is 1.40 bits per heavy atom. The van der Waals surface area contributed by atoms with E-state index >= 15 is 0 Å². The third-order valence-corrected chi connectivity index (χ3v) is 2.51. The monoisotopic (exact) mass is 201 g/mol. The minimum Gasteiger partial charge on any atom is -0.324 e. The molecule has 0 aliphatic heterocycles. The van der Waals surface area contributed by atoms with Crippen molar-refractivity contribution in [2.75, 3.05) is 5.32 Å². The highest BCUT2D eigenvalue weighted by atomic mass is 16.2. The van der Waals surface area contributed by atoms with Crippen molar-refractivity contribution in [2.45, 2.75) is 18.4 Å². The van der Waals surface area contributed by atoms with Gasteiger partial charge in [-0.15, -0.1) is 0 Å². The molecule has 3 N–H and O–H groups in total. The van der Waals surface area contributed by atoms with Gasteiger partial charge in [0.2, 0.25) is 5.91 Å². The highest BCUT2D eigenvalue weighted by Gasteiger charge is 2.45. The summed E-state index contributed by atoms with van der Waals surface area (Å²) in [7, 11) is 0. The molecule has 0 atom stereocenters. The minimum atomic E-state index is -0.659. The van der Waals surface area contributed by atoms with Crippen molar-refractivity contribution in [3.63, 3.8) is 0 Å². The number of nitriles is 1. The second kappa shape index (κ2) is 3.37. The summed E-state index contributed by atoms with van der Waals surface area (Å²) in [5.41, 5.74) is 6.32. The van der Waals surface area contributed by atoms with Crippen LogP contribution in [0.1, 0.15) is 18.4 Å². The lowest BCUT2D eigenvalue weighted by atomic mass is 10.2. The summed E-state index contributed by atoms with van der Waals surface area (Å²) in [5, 5.41) is 11.3.